The molecule has 7 rings (SSSR count). The van der Waals surface area contributed by atoms with E-state index in [4.69, 9.17) is 19.6 Å². The number of fused-ring (bicyclic) bond motifs is 5. The molecule has 0 spiro atoms. The van der Waals surface area contributed by atoms with Gasteiger partial charge in [-0.1, -0.05) is 37.3 Å². The number of carboxylic acid groups (broad SMARTS) is 1. The molecule has 2 aromatic heterocycles. The highest BCUT2D eigenvalue weighted by Gasteiger charge is 2.45. The lowest BCUT2D eigenvalue weighted by atomic mass is 9.86. The van der Waals surface area contributed by atoms with Gasteiger partial charge in [-0.2, -0.15) is 0 Å². The molecule has 19 nitrogen and oxygen atoms in total. The number of esters is 1. The van der Waals surface area contributed by atoms with Crippen LogP contribution < -0.4 is 32.1 Å². The maximum absolute atomic E-state index is 15.9. The molecule has 0 unspecified atom stereocenters. The van der Waals surface area contributed by atoms with Gasteiger partial charge >= 0.3 is 12.1 Å². The summed E-state index contributed by atoms with van der Waals surface area (Å²) in [5.41, 5.74) is 0.665. The Hall–Kier alpha value is -6.77. The van der Waals surface area contributed by atoms with Gasteiger partial charge in [-0.05, 0) is 29.7 Å². The standard InChI is InChI=1S/C41H43FN8O11/c1-2-41(59)27-14-32-36-25(20-50(32)38(55)26(27)21-61-39(41)56)24(19-49-8-10-60-11-9-49)23-13-30(28(42)15-29(23)48-36)46-35(53)18-44-37(54)31(12-22-6-4-3-5-7-22)47-34(52)17-43-33(51)16-45-40(57)58/h3-7,13-15,31,45,59H,2,8-12,16-21H2,1H3,(H,43,51)(H,44,54)(H,46,53)(H,47,52)(H,57,58)/t31-,41-/m0/s1. The number of benzene rings is 2. The first-order chi connectivity index (χ1) is 29.2. The summed E-state index contributed by atoms with van der Waals surface area (Å²) >= 11 is 0. The van der Waals surface area contributed by atoms with Gasteiger partial charge in [-0.3, -0.25) is 28.9 Å². The van der Waals surface area contributed by atoms with Gasteiger partial charge in [0.1, 0.15) is 18.5 Å². The van der Waals surface area contributed by atoms with Crippen LogP contribution in [0.15, 0.2) is 53.3 Å². The largest absolute Gasteiger partial charge is 0.465 e. The molecule has 61 heavy (non-hydrogen) atoms. The molecule has 2 atom stereocenters. The summed E-state index contributed by atoms with van der Waals surface area (Å²) in [5, 5.41) is 32.1. The molecule has 0 aliphatic carbocycles. The first kappa shape index (κ1) is 42.4. The number of cyclic esters (lactones) is 1. The highest BCUT2D eigenvalue weighted by Crippen LogP contribution is 2.41. The van der Waals surface area contributed by atoms with Crippen LogP contribution in [0.2, 0.25) is 0 Å². The minimum atomic E-state index is -2.03. The van der Waals surface area contributed by atoms with E-state index in [0.717, 1.165) is 11.6 Å². The number of carbonyl (C=O) groups excluding carboxylic acids is 5. The Kier molecular flexibility index (Phi) is 12.4. The van der Waals surface area contributed by atoms with E-state index < -0.39 is 78.3 Å². The zero-order valence-corrected chi connectivity index (χ0v) is 33.0. The number of hydrogen-bond acceptors (Lipinski definition) is 12. The summed E-state index contributed by atoms with van der Waals surface area (Å²) in [6.07, 6.45) is -1.44. The van der Waals surface area contributed by atoms with E-state index in [1.165, 1.54) is 10.6 Å². The van der Waals surface area contributed by atoms with E-state index in [9.17, 15) is 38.7 Å². The monoisotopic (exact) mass is 842 g/mol. The number of amides is 5. The number of carbonyl (C=O) groups is 6. The minimum absolute atomic E-state index is 0.0150. The molecular weight excluding hydrogens is 799 g/mol. The fourth-order valence-corrected chi connectivity index (χ4v) is 7.63. The Labute approximate surface area is 346 Å². The second-order valence-corrected chi connectivity index (χ2v) is 14.8. The van der Waals surface area contributed by atoms with Crippen LogP contribution in [-0.4, -0.2) is 112 Å². The lowest BCUT2D eigenvalue weighted by Crippen LogP contribution is -2.52. The average Bonchev–Trinajstić information content (AvgIpc) is 3.62. The van der Waals surface area contributed by atoms with Gasteiger partial charge < -0.3 is 50.8 Å². The van der Waals surface area contributed by atoms with Crippen molar-refractivity contribution in [2.24, 2.45) is 0 Å². The summed E-state index contributed by atoms with van der Waals surface area (Å²) < 4.78 is 28.2. The van der Waals surface area contributed by atoms with Crippen molar-refractivity contribution in [1.82, 2.24) is 35.7 Å². The van der Waals surface area contributed by atoms with Gasteiger partial charge in [0, 0.05) is 48.6 Å². The Morgan fingerprint density at radius 1 is 0.934 bits per heavy atom. The third-order valence-corrected chi connectivity index (χ3v) is 10.9. The molecule has 0 saturated carbocycles. The number of ether oxygens (including phenoxy) is 2. The number of nitrogens with zero attached hydrogens (tertiary/aromatic N) is 3. The van der Waals surface area contributed by atoms with Crippen LogP contribution in [0.25, 0.3) is 22.3 Å². The number of hydrogen-bond donors (Lipinski definition) is 7. The lowest BCUT2D eigenvalue weighted by Gasteiger charge is -2.31. The maximum Gasteiger partial charge on any atom is 0.405 e. The smallest absolute Gasteiger partial charge is 0.405 e. The number of anilines is 1. The van der Waals surface area contributed by atoms with Gasteiger partial charge in [-0.25, -0.2) is 19.0 Å². The third kappa shape index (κ3) is 9.05. The lowest BCUT2D eigenvalue weighted by molar-refractivity contribution is -0.172. The molecule has 3 aliphatic heterocycles. The van der Waals surface area contributed by atoms with Gasteiger partial charge in [-0.15, -0.1) is 0 Å². The Morgan fingerprint density at radius 2 is 1.66 bits per heavy atom. The molecule has 0 bridgehead atoms. The Bertz CT molecular complexity index is 2490. The van der Waals surface area contributed by atoms with Crippen LogP contribution in [0.1, 0.15) is 41.2 Å². The molecule has 3 aliphatic rings. The second-order valence-electron chi connectivity index (χ2n) is 14.8. The predicted molar refractivity (Wildman–Crippen MR) is 213 cm³/mol. The average molecular weight is 843 g/mol. The van der Waals surface area contributed by atoms with Gasteiger partial charge in [0.15, 0.2) is 5.60 Å². The molecule has 20 heteroatoms. The van der Waals surface area contributed by atoms with E-state index in [1.54, 1.807) is 43.3 Å². The Morgan fingerprint density at radius 3 is 2.38 bits per heavy atom. The van der Waals surface area contributed by atoms with Crippen molar-refractivity contribution in [1.29, 1.82) is 0 Å². The molecule has 5 heterocycles. The third-order valence-electron chi connectivity index (χ3n) is 10.9. The van der Waals surface area contributed by atoms with Crippen molar-refractivity contribution in [2.45, 2.75) is 51.1 Å². The summed E-state index contributed by atoms with van der Waals surface area (Å²) in [6.45, 7) is 2.18. The summed E-state index contributed by atoms with van der Waals surface area (Å²) in [7, 11) is 0. The van der Waals surface area contributed by atoms with E-state index in [-0.39, 0.29) is 48.3 Å². The van der Waals surface area contributed by atoms with Crippen molar-refractivity contribution >= 4 is 52.3 Å². The molecule has 1 saturated heterocycles. The van der Waals surface area contributed by atoms with Gasteiger partial charge in [0.05, 0.1) is 67.5 Å². The van der Waals surface area contributed by atoms with E-state index in [0.29, 0.717) is 60.7 Å². The first-order valence-electron chi connectivity index (χ1n) is 19.5. The summed E-state index contributed by atoms with van der Waals surface area (Å²) in [6, 6.07) is 11.7. The van der Waals surface area contributed by atoms with Gasteiger partial charge in [0.2, 0.25) is 23.6 Å². The quantitative estimate of drug-likeness (QED) is 0.0740. The number of halogens is 1. The molecule has 4 aromatic rings. The fourth-order valence-electron chi connectivity index (χ4n) is 7.63. The maximum atomic E-state index is 15.9. The number of nitrogens with one attached hydrogen (secondary N) is 5. The van der Waals surface area contributed by atoms with Gasteiger partial charge in [0.25, 0.3) is 5.56 Å². The highest BCUT2D eigenvalue weighted by atomic mass is 19.1. The van der Waals surface area contributed by atoms with Crippen LogP contribution in [0.5, 0.6) is 0 Å². The highest BCUT2D eigenvalue weighted by molar-refractivity contribution is 5.99. The molecule has 5 amide bonds. The van der Waals surface area contributed by atoms with Crippen molar-refractivity contribution in [3.8, 4) is 11.4 Å². The SMILES string of the molecule is CC[C@@]1(O)C(=O)OCc2c1cc1n(c2=O)Cc2c-1nc1cc(F)c(NC(=O)CNC(=O)[C@H](Cc3ccccc3)NC(=O)CNC(=O)CNC(=O)O)cc1c2CN1CCOCC1. The molecule has 320 valence electrons. The molecule has 7 N–H and O–H groups in total. The topological polar surface area (TPSA) is 260 Å². The number of aliphatic hydroxyl groups is 1. The van der Waals surface area contributed by atoms with Crippen LogP contribution >= 0.6 is 0 Å². The number of aromatic nitrogens is 2. The fraction of sp³-hybridized carbons (Fsp3) is 0.366. The van der Waals surface area contributed by atoms with Crippen molar-refractivity contribution in [3.05, 3.63) is 92.5 Å². The van der Waals surface area contributed by atoms with Crippen LogP contribution in [0.3, 0.4) is 0 Å². The second kappa shape index (κ2) is 17.8. The molecule has 0 radical (unpaired) electrons. The van der Waals surface area contributed by atoms with Crippen molar-refractivity contribution in [2.75, 3.05) is 51.3 Å². The van der Waals surface area contributed by atoms with E-state index in [1.807, 2.05) is 5.32 Å². The number of pyridine rings is 2. The van der Waals surface area contributed by atoms with E-state index >= 15 is 4.39 Å². The first-order valence-corrected chi connectivity index (χ1v) is 19.5. The number of rotatable bonds is 14. The molecular formula is C41H43FN8O11. The minimum Gasteiger partial charge on any atom is -0.465 e. The zero-order valence-electron chi connectivity index (χ0n) is 33.0. The zero-order chi connectivity index (χ0) is 43.4. The normalized spacial score (nSPS) is 17.3. The van der Waals surface area contributed by atoms with Crippen molar-refractivity contribution < 1.29 is 52.8 Å². The van der Waals surface area contributed by atoms with Crippen molar-refractivity contribution in [3.63, 3.8) is 0 Å². The molecule has 1 fully saturated rings. The van der Waals surface area contributed by atoms with E-state index in [2.05, 4.69) is 26.2 Å². The predicted octanol–water partition coefficient (Wildman–Crippen LogP) is 0.217. The Balaban J connectivity index is 1.12. The molecule has 2 aromatic carbocycles. The summed E-state index contributed by atoms with van der Waals surface area (Å²) in [5.74, 6) is -4.75. The van der Waals surface area contributed by atoms with Crippen LogP contribution in [-0.2, 0) is 65.2 Å². The van der Waals surface area contributed by atoms with Crippen LogP contribution in [0.4, 0.5) is 14.9 Å². The summed E-state index contributed by atoms with van der Waals surface area (Å²) in [4.78, 5) is 95.5. The van der Waals surface area contributed by atoms with Crippen LogP contribution in [0, 0.1) is 5.82 Å². The number of morpholine rings is 1.